The highest BCUT2D eigenvalue weighted by atomic mass is 32.2. The minimum absolute atomic E-state index is 1.04. The van der Waals surface area contributed by atoms with Crippen LogP contribution < -0.4 is 0 Å². The molecular weight excluding hydrogens is 128 g/mol. The molecule has 0 aromatic carbocycles. The predicted octanol–water partition coefficient (Wildman–Crippen LogP) is 2.70. The van der Waals surface area contributed by atoms with Crippen LogP contribution in [-0.2, 0) is 0 Å². The largest absolute Gasteiger partial charge is 0.0913 e. The van der Waals surface area contributed by atoms with Gasteiger partial charge in [0.2, 0.25) is 0 Å². The molecule has 0 aliphatic carbocycles. The van der Waals surface area contributed by atoms with Crippen LogP contribution in [0.2, 0.25) is 0 Å². The van der Waals surface area contributed by atoms with Gasteiger partial charge in [0.1, 0.15) is 0 Å². The molecule has 0 atom stereocenters. The molecule has 0 saturated carbocycles. The van der Waals surface area contributed by atoms with E-state index in [2.05, 4.69) is 18.1 Å². The van der Waals surface area contributed by atoms with Gasteiger partial charge in [-0.25, -0.2) is 0 Å². The molecule has 9 heavy (non-hydrogen) atoms. The molecule has 51 valence electrons. The summed E-state index contributed by atoms with van der Waals surface area (Å²) in [6, 6.07) is 0. The van der Waals surface area contributed by atoms with Gasteiger partial charge < -0.3 is 0 Å². The molecule has 0 fully saturated rings. The van der Waals surface area contributed by atoms with Gasteiger partial charge in [-0.05, 0) is 17.9 Å². The van der Waals surface area contributed by atoms with Gasteiger partial charge in [0.25, 0.3) is 0 Å². The molecule has 0 aromatic heterocycles. The highest BCUT2D eigenvalue weighted by molar-refractivity contribution is 8.03. The second-order valence-electron chi connectivity index (χ2n) is 1.79. The van der Waals surface area contributed by atoms with Crippen LogP contribution in [0.4, 0.5) is 0 Å². The summed E-state index contributed by atoms with van der Waals surface area (Å²) >= 11 is 1.58. The standard InChI is InChI=1S/C8H13S/c1-3-4-5-6-7-8-9-2/h1,3-6H2,2H3. The molecule has 0 N–H and O–H groups in total. The summed E-state index contributed by atoms with van der Waals surface area (Å²) in [6.45, 7) is 3.75. The van der Waals surface area contributed by atoms with Crippen LogP contribution in [0, 0.1) is 18.1 Å². The van der Waals surface area contributed by atoms with Gasteiger partial charge in [-0.3, -0.25) is 0 Å². The smallest absolute Gasteiger partial charge is 0.00976 e. The molecule has 0 rings (SSSR count). The van der Waals surface area contributed by atoms with E-state index in [9.17, 15) is 0 Å². The normalized spacial score (nSPS) is 8.22. The van der Waals surface area contributed by atoms with Crippen molar-refractivity contribution in [1.82, 2.24) is 0 Å². The summed E-state index contributed by atoms with van der Waals surface area (Å²) in [4.78, 5) is 0. The fourth-order valence-electron chi connectivity index (χ4n) is 0.513. The maximum Gasteiger partial charge on any atom is 0.00976 e. The Morgan fingerprint density at radius 2 is 2.22 bits per heavy atom. The van der Waals surface area contributed by atoms with Crippen molar-refractivity contribution in [3.05, 3.63) is 6.92 Å². The molecule has 0 heterocycles. The number of unbranched alkanes of at least 4 members (excludes halogenated alkanes) is 3. The van der Waals surface area contributed by atoms with Gasteiger partial charge in [0.15, 0.2) is 0 Å². The van der Waals surface area contributed by atoms with Crippen molar-refractivity contribution in [2.75, 3.05) is 6.26 Å². The van der Waals surface area contributed by atoms with E-state index in [0.717, 1.165) is 12.8 Å². The Balaban J connectivity index is 2.90. The van der Waals surface area contributed by atoms with E-state index in [4.69, 9.17) is 0 Å². The topological polar surface area (TPSA) is 0 Å². The second kappa shape index (κ2) is 7.91. The van der Waals surface area contributed by atoms with E-state index in [1.165, 1.54) is 12.8 Å². The van der Waals surface area contributed by atoms with Crippen LogP contribution in [0.15, 0.2) is 0 Å². The molecule has 0 aliphatic heterocycles. The zero-order chi connectivity index (χ0) is 6.95. The first-order valence-corrected chi connectivity index (χ1v) is 4.44. The fourth-order valence-corrected chi connectivity index (χ4v) is 0.760. The number of thioether (sulfide) groups is 1. The molecule has 0 unspecified atom stereocenters. The molecule has 0 aliphatic rings. The van der Waals surface area contributed by atoms with E-state index in [-0.39, 0.29) is 0 Å². The fraction of sp³-hybridized carbons (Fsp3) is 0.625. The molecular formula is C8H13S. The monoisotopic (exact) mass is 141 g/mol. The Morgan fingerprint density at radius 3 is 2.78 bits per heavy atom. The molecule has 1 radical (unpaired) electrons. The quantitative estimate of drug-likeness (QED) is 0.430. The zero-order valence-corrected chi connectivity index (χ0v) is 6.76. The van der Waals surface area contributed by atoms with Gasteiger partial charge in [-0.2, -0.15) is 0 Å². The summed E-state index contributed by atoms with van der Waals surface area (Å²) in [7, 11) is 0. The summed E-state index contributed by atoms with van der Waals surface area (Å²) in [6.07, 6.45) is 6.49. The first-order valence-electron chi connectivity index (χ1n) is 3.22. The maximum atomic E-state index is 3.75. The molecule has 0 aromatic rings. The molecule has 0 bridgehead atoms. The Labute approximate surface area is 62.4 Å². The van der Waals surface area contributed by atoms with Gasteiger partial charge in [-0.15, -0.1) is 0 Å². The zero-order valence-electron chi connectivity index (χ0n) is 5.94. The second-order valence-corrected chi connectivity index (χ2v) is 2.41. The Hall–Kier alpha value is -0.0900. The molecule has 0 saturated heterocycles. The van der Waals surface area contributed by atoms with Crippen LogP contribution in [0.3, 0.4) is 0 Å². The highest BCUT2D eigenvalue weighted by Crippen LogP contribution is 1.97. The van der Waals surface area contributed by atoms with Gasteiger partial charge in [0, 0.05) is 6.42 Å². The van der Waals surface area contributed by atoms with Crippen molar-refractivity contribution in [3.63, 3.8) is 0 Å². The summed E-state index contributed by atoms with van der Waals surface area (Å²) in [5.41, 5.74) is 0. The Morgan fingerprint density at radius 1 is 1.44 bits per heavy atom. The van der Waals surface area contributed by atoms with E-state index in [1.54, 1.807) is 11.8 Å². The average Bonchev–Trinajstić information content (AvgIpc) is 1.89. The molecule has 0 amide bonds. The lowest BCUT2D eigenvalue weighted by atomic mass is 10.2. The number of rotatable bonds is 3. The van der Waals surface area contributed by atoms with Crippen LogP contribution in [-0.4, -0.2) is 6.26 Å². The maximum absolute atomic E-state index is 3.75. The van der Waals surface area contributed by atoms with Crippen molar-refractivity contribution in [2.45, 2.75) is 25.7 Å². The number of hydrogen-bond donors (Lipinski definition) is 0. The van der Waals surface area contributed by atoms with Crippen LogP contribution >= 0.6 is 11.8 Å². The Kier molecular flexibility index (Phi) is 7.83. The minimum atomic E-state index is 1.04. The van der Waals surface area contributed by atoms with Crippen molar-refractivity contribution in [3.8, 4) is 11.2 Å². The lowest BCUT2D eigenvalue weighted by Gasteiger charge is -1.86. The van der Waals surface area contributed by atoms with Crippen molar-refractivity contribution in [2.24, 2.45) is 0 Å². The van der Waals surface area contributed by atoms with E-state index >= 15 is 0 Å². The predicted molar refractivity (Wildman–Crippen MR) is 45.1 cm³/mol. The SMILES string of the molecule is [CH2]CCCCC#CSC. The highest BCUT2D eigenvalue weighted by Gasteiger charge is 1.79. The molecule has 0 nitrogen and oxygen atoms in total. The third kappa shape index (κ3) is 7.91. The van der Waals surface area contributed by atoms with Gasteiger partial charge in [-0.1, -0.05) is 37.4 Å². The van der Waals surface area contributed by atoms with Crippen LogP contribution in [0.25, 0.3) is 0 Å². The van der Waals surface area contributed by atoms with Crippen LogP contribution in [0.5, 0.6) is 0 Å². The summed E-state index contributed by atoms with van der Waals surface area (Å²) < 4.78 is 0. The first kappa shape index (κ1) is 8.91. The van der Waals surface area contributed by atoms with Crippen molar-refractivity contribution < 1.29 is 0 Å². The van der Waals surface area contributed by atoms with Crippen LogP contribution in [0.1, 0.15) is 25.7 Å². The average molecular weight is 141 g/mol. The Bertz CT molecular complexity index is 96.9. The third-order valence-electron chi connectivity index (χ3n) is 0.976. The van der Waals surface area contributed by atoms with E-state index < -0.39 is 0 Å². The van der Waals surface area contributed by atoms with E-state index in [1.807, 2.05) is 6.26 Å². The molecule has 0 spiro atoms. The van der Waals surface area contributed by atoms with Gasteiger partial charge >= 0.3 is 0 Å². The van der Waals surface area contributed by atoms with E-state index in [0.29, 0.717) is 0 Å². The first-order chi connectivity index (χ1) is 4.41. The lowest BCUT2D eigenvalue weighted by Crippen LogP contribution is -1.69. The third-order valence-corrected chi connectivity index (χ3v) is 1.32. The van der Waals surface area contributed by atoms with Gasteiger partial charge in [0.05, 0.1) is 0 Å². The number of hydrogen-bond acceptors (Lipinski definition) is 1. The summed E-state index contributed by atoms with van der Waals surface area (Å²) in [5, 5.41) is 2.95. The minimum Gasteiger partial charge on any atom is -0.0913 e. The summed E-state index contributed by atoms with van der Waals surface area (Å²) in [5.74, 6) is 3.06. The lowest BCUT2D eigenvalue weighted by molar-refractivity contribution is 0.770. The van der Waals surface area contributed by atoms with Crippen molar-refractivity contribution in [1.29, 1.82) is 0 Å². The molecule has 1 heteroatoms. The van der Waals surface area contributed by atoms with Crippen molar-refractivity contribution >= 4 is 11.8 Å².